The van der Waals surface area contributed by atoms with Crippen molar-refractivity contribution in [2.45, 2.75) is 13.3 Å². The fourth-order valence-electron chi connectivity index (χ4n) is 2.74. The van der Waals surface area contributed by atoms with Gasteiger partial charge in [-0.3, -0.25) is 9.59 Å². The molecule has 6 heteroatoms. The zero-order valence-corrected chi connectivity index (χ0v) is 14.6. The SMILES string of the molecule is CCC(=O)[O-].O=C(c1ccccc1)c1ccc2[nH]c(=O)c3[nH]ccc3c2c1. The Labute approximate surface area is 154 Å². The van der Waals surface area contributed by atoms with Gasteiger partial charge in [-0.2, -0.15) is 0 Å². The Bertz CT molecular complexity index is 1170. The second kappa shape index (κ2) is 7.70. The standard InChI is InChI=1S/C18H12N2O2.C3H6O2/c21-17(11-4-2-1-3-5-11)12-6-7-15-14(10-12)13-8-9-19-16(13)18(22)20-15;1-2-3(4)5/h1-10,19H,(H,20,22);2H2,1H3,(H,4,5)/p-1. The summed E-state index contributed by atoms with van der Waals surface area (Å²) in [4.78, 5) is 39.5. The maximum Gasteiger partial charge on any atom is 0.272 e. The molecule has 0 amide bonds. The molecule has 0 spiro atoms. The number of hydrogen-bond acceptors (Lipinski definition) is 4. The lowest BCUT2D eigenvalue weighted by Crippen LogP contribution is -2.19. The monoisotopic (exact) mass is 361 g/mol. The lowest BCUT2D eigenvalue weighted by molar-refractivity contribution is -0.305. The van der Waals surface area contributed by atoms with Crippen LogP contribution in [0.5, 0.6) is 0 Å². The number of rotatable bonds is 3. The topological polar surface area (TPSA) is 106 Å². The van der Waals surface area contributed by atoms with Gasteiger partial charge in [0.05, 0.1) is 0 Å². The Morgan fingerprint density at radius 3 is 2.33 bits per heavy atom. The second-order valence-electron chi connectivity index (χ2n) is 5.90. The first-order valence-corrected chi connectivity index (χ1v) is 8.44. The van der Waals surface area contributed by atoms with Crippen molar-refractivity contribution in [2.75, 3.05) is 0 Å². The van der Waals surface area contributed by atoms with Crippen molar-refractivity contribution in [3.05, 3.63) is 82.3 Å². The van der Waals surface area contributed by atoms with Crippen molar-refractivity contribution in [1.82, 2.24) is 9.97 Å². The maximum absolute atomic E-state index is 12.6. The number of carbonyl (C=O) groups is 2. The van der Waals surface area contributed by atoms with Crippen LogP contribution in [0.4, 0.5) is 0 Å². The summed E-state index contributed by atoms with van der Waals surface area (Å²) in [5.41, 5.74) is 2.35. The van der Waals surface area contributed by atoms with E-state index < -0.39 is 5.97 Å². The number of H-pyrrole nitrogens is 2. The number of carboxylic acid groups (broad SMARTS) is 1. The highest BCUT2D eigenvalue weighted by Gasteiger charge is 2.12. The maximum atomic E-state index is 12.6. The van der Waals surface area contributed by atoms with Gasteiger partial charge in [0.15, 0.2) is 5.78 Å². The average Bonchev–Trinajstić information content (AvgIpc) is 3.19. The van der Waals surface area contributed by atoms with Crippen LogP contribution in [-0.4, -0.2) is 21.7 Å². The van der Waals surface area contributed by atoms with Crippen LogP contribution in [0.1, 0.15) is 29.3 Å². The molecule has 2 aromatic heterocycles. The summed E-state index contributed by atoms with van der Waals surface area (Å²) in [5.74, 6) is -1.03. The van der Waals surface area contributed by atoms with Crippen LogP contribution in [0, 0.1) is 0 Å². The third kappa shape index (κ3) is 3.79. The van der Waals surface area contributed by atoms with Crippen molar-refractivity contribution in [3.8, 4) is 0 Å². The lowest BCUT2D eigenvalue weighted by atomic mass is 10.0. The van der Waals surface area contributed by atoms with Gasteiger partial charge in [0, 0.05) is 39.6 Å². The molecular weight excluding hydrogens is 344 g/mol. The highest BCUT2D eigenvalue weighted by molar-refractivity contribution is 6.13. The molecule has 2 aromatic carbocycles. The number of aromatic amines is 2. The van der Waals surface area contributed by atoms with Gasteiger partial charge >= 0.3 is 0 Å². The summed E-state index contributed by atoms with van der Waals surface area (Å²) >= 11 is 0. The summed E-state index contributed by atoms with van der Waals surface area (Å²) in [7, 11) is 0. The molecule has 0 radical (unpaired) electrons. The summed E-state index contributed by atoms with van der Waals surface area (Å²) in [6.45, 7) is 1.54. The smallest absolute Gasteiger partial charge is 0.272 e. The highest BCUT2D eigenvalue weighted by atomic mass is 16.4. The number of aliphatic carboxylic acids is 1. The third-order valence-electron chi connectivity index (χ3n) is 4.12. The molecule has 0 aliphatic rings. The molecule has 0 fully saturated rings. The molecular formula is C21H17N2O4-. The molecule has 136 valence electrons. The van der Waals surface area contributed by atoms with Crippen molar-refractivity contribution in [1.29, 1.82) is 0 Å². The molecule has 2 heterocycles. The van der Waals surface area contributed by atoms with Crippen molar-refractivity contribution >= 4 is 33.6 Å². The van der Waals surface area contributed by atoms with Crippen molar-refractivity contribution in [3.63, 3.8) is 0 Å². The second-order valence-corrected chi connectivity index (χ2v) is 5.90. The minimum atomic E-state index is -0.995. The molecule has 0 bridgehead atoms. The first kappa shape index (κ1) is 18.1. The fraction of sp³-hybridized carbons (Fsp3) is 0.0952. The van der Waals surface area contributed by atoms with Crippen LogP contribution in [0.3, 0.4) is 0 Å². The van der Waals surface area contributed by atoms with Gasteiger partial charge in [0.1, 0.15) is 5.52 Å². The molecule has 6 nitrogen and oxygen atoms in total. The number of carboxylic acids is 1. The van der Waals surface area contributed by atoms with Crippen molar-refractivity contribution < 1.29 is 14.7 Å². The zero-order valence-electron chi connectivity index (χ0n) is 14.6. The van der Waals surface area contributed by atoms with Gasteiger partial charge in [-0.15, -0.1) is 0 Å². The lowest BCUT2D eigenvalue weighted by Gasteiger charge is -2.04. The minimum absolute atomic E-state index is 0.0302. The predicted octanol–water partition coefficient (Wildman–Crippen LogP) is 2.39. The third-order valence-corrected chi connectivity index (χ3v) is 4.12. The van der Waals surface area contributed by atoms with E-state index >= 15 is 0 Å². The van der Waals surface area contributed by atoms with Crippen LogP contribution in [0.15, 0.2) is 65.6 Å². The number of benzene rings is 2. The molecule has 0 aliphatic heterocycles. The first-order chi connectivity index (χ1) is 13.0. The number of hydrogen-bond donors (Lipinski definition) is 2. The van der Waals surface area contributed by atoms with E-state index in [-0.39, 0.29) is 17.8 Å². The van der Waals surface area contributed by atoms with E-state index in [0.29, 0.717) is 16.6 Å². The van der Waals surface area contributed by atoms with Crippen LogP contribution >= 0.6 is 0 Å². The van der Waals surface area contributed by atoms with Gasteiger partial charge in [-0.25, -0.2) is 0 Å². The Balaban J connectivity index is 0.000000376. The van der Waals surface area contributed by atoms with E-state index in [4.69, 9.17) is 0 Å². The number of carbonyl (C=O) groups excluding carboxylic acids is 2. The molecule has 0 aliphatic carbocycles. The van der Waals surface area contributed by atoms with E-state index in [1.807, 2.05) is 30.3 Å². The molecule has 2 N–H and O–H groups in total. The first-order valence-electron chi connectivity index (χ1n) is 8.44. The van der Waals surface area contributed by atoms with E-state index in [1.165, 1.54) is 6.92 Å². The van der Waals surface area contributed by atoms with Gasteiger partial charge in [0.2, 0.25) is 0 Å². The molecule has 0 atom stereocenters. The van der Waals surface area contributed by atoms with E-state index in [2.05, 4.69) is 9.97 Å². The zero-order chi connectivity index (χ0) is 19.4. The van der Waals surface area contributed by atoms with Crippen LogP contribution in [0.2, 0.25) is 0 Å². The van der Waals surface area contributed by atoms with Crippen LogP contribution in [0.25, 0.3) is 21.8 Å². The van der Waals surface area contributed by atoms with Gasteiger partial charge < -0.3 is 19.9 Å². The summed E-state index contributed by atoms with van der Waals surface area (Å²) < 4.78 is 0. The fourth-order valence-corrected chi connectivity index (χ4v) is 2.74. The van der Waals surface area contributed by atoms with Gasteiger partial charge in [-0.1, -0.05) is 37.3 Å². The number of fused-ring (bicyclic) bond motifs is 3. The number of aromatic nitrogens is 2. The van der Waals surface area contributed by atoms with Crippen molar-refractivity contribution in [2.24, 2.45) is 0 Å². The van der Waals surface area contributed by atoms with Crippen LogP contribution in [-0.2, 0) is 4.79 Å². The Kier molecular flexibility index (Phi) is 5.17. The van der Waals surface area contributed by atoms with Gasteiger partial charge in [0.25, 0.3) is 5.56 Å². The molecule has 4 rings (SSSR count). The molecule has 0 unspecified atom stereocenters. The normalized spacial score (nSPS) is 10.4. The molecule has 0 saturated heterocycles. The number of ketones is 1. The van der Waals surface area contributed by atoms with E-state index in [9.17, 15) is 19.5 Å². The number of nitrogens with one attached hydrogen (secondary N) is 2. The quantitative estimate of drug-likeness (QED) is 0.546. The van der Waals surface area contributed by atoms with E-state index in [1.54, 1.807) is 30.5 Å². The Morgan fingerprint density at radius 2 is 1.67 bits per heavy atom. The molecule has 4 aromatic rings. The number of pyridine rings is 1. The summed E-state index contributed by atoms with van der Waals surface area (Å²) in [6, 6.07) is 16.4. The Hall–Kier alpha value is -3.67. The van der Waals surface area contributed by atoms with Crippen LogP contribution < -0.4 is 10.7 Å². The average molecular weight is 361 g/mol. The summed E-state index contributed by atoms with van der Waals surface area (Å²) in [6.07, 6.45) is 1.84. The minimum Gasteiger partial charge on any atom is -0.550 e. The highest BCUT2D eigenvalue weighted by Crippen LogP contribution is 2.22. The summed E-state index contributed by atoms with van der Waals surface area (Å²) in [5, 5.41) is 10.9. The predicted molar refractivity (Wildman–Crippen MR) is 102 cm³/mol. The van der Waals surface area contributed by atoms with Gasteiger partial charge in [-0.05, 0) is 30.7 Å². The largest absolute Gasteiger partial charge is 0.550 e. The Morgan fingerprint density at radius 1 is 0.963 bits per heavy atom. The van der Waals surface area contributed by atoms with E-state index in [0.717, 1.165) is 16.3 Å². The molecule has 0 saturated carbocycles. The molecule has 27 heavy (non-hydrogen) atoms.